The number of alkyl halides is 1. The SMILES string of the molecule is C=CC(=O)N1CC(S(=O)(=O)c2ccc(N3CC(F)(CN4CCC([C@@](C#N)(c5cccc(F)c5)[C@H]5CCC[C@@H]5NC(=O)OC)CC4)C3)cc2)C1. The van der Waals surface area contributed by atoms with Gasteiger partial charge in [-0.3, -0.25) is 9.69 Å². The minimum Gasteiger partial charge on any atom is -0.453 e. The molecule has 1 saturated carbocycles. The van der Waals surface area contributed by atoms with Gasteiger partial charge in [0.15, 0.2) is 15.5 Å². The van der Waals surface area contributed by atoms with Crippen molar-refractivity contribution in [3.63, 3.8) is 0 Å². The number of benzene rings is 2. The highest BCUT2D eigenvalue weighted by Crippen LogP contribution is 2.50. The van der Waals surface area contributed by atoms with Gasteiger partial charge >= 0.3 is 6.09 Å². The Morgan fingerprint density at radius 2 is 1.82 bits per heavy atom. The summed E-state index contributed by atoms with van der Waals surface area (Å²) in [5.41, 5.74) is -1.12. The first kappa shape index (κ1) is 34.8. The third-order valence-electron chi connectivity index (χ3n) is 11.1. The Bertz CT molecular complexity index is 1710. The first-order valence-electron chi connectivity index (χ1n) is 16.9. The van der Waals surface area contributed by atoms with Gasteiger partial charge in [-0.2, -0.15) is 5.26 Å². The fourth-order valence-corrected chi connectivity index (χ4v) is 10.1. The molecule has 0 radical (unpaired) electrons. The number of ether oxygens (including phenoxy) is 1. The van der Waals surface area contributed by atoms with Crippen LogP contribution in [0.3, 0.4) is 0 Å². The molecule has 262 valence electrons. The zero-order chi connectivity index (χ0) is 35.0. The number of nitriles is 1. The van der Waals surface area contributed by atoms with Gasteiger partial charge in [-0.1, -0.05) is 25.1 Å². The summed E-state index contributed by atoms with van der Waals surface area (Å²) < 4.78 is 61.4. The Morgan fingerprint density at radius 3 is 2.43 bits per heavy atom. The van der Waals surface area contributed by atoms with Gasteiger partial charge in [0, 0.05) is 37.3 Å². The molecule has 4 fully saturated rings. The number of piperidine rings is 1. The highest BCUT2D eigenvalue weighted by Gasteiger charge is 2.53. The van der Waals surface area contributed by atoms with Crippen molar-refractivity contribution in [2.75, 3.05) is 57.8 Å². The Morgan fingerprint density at radius 1 is 1.12 bits per heavy atom. The van der Waals surface area contributed by atoms with E-state index in [1.165, 1.54) is 30.2 Å². The van der Waals surface area contributed by atoms with Crippen LogP contribution in [0.1, 0.15) is 37.7 Å². The maximum Gasteiger partial charge on any atom is 0.407 e. The van der Waals surface area contributed by atoms with Gasteiger partial charge in [0.25, 0.3) is 0 Å². The molecule has 0 unspecified atom stereocenters. The second-order valence-corrected chi connectivity index (χ2v) is 16.2. The largest absolute Gasteiger partial charge is 0.453 e. The topological polar surface area (TPSA) is 123 Å². The van der Waals surface area contributed by atoms with Gasteiger partial charge in [-0.25, -0.2) is 22.0 Å². The number of anilines is 1. The normalized spacial score (nSPS) is 24.2. The van der Waals surface area contributed by atoms with E-state index in [9.17, 15) is 27.7 Å². The van der Waals surface area contributed by atoms with Crippen molar-refractivity contribution in [1.82, 2.24) is 15.1 Å². The fourth-order valence-electron chi connectivity index (χ4n) is 8.48. The number of carbonyl (C=O) groups is 2. The molecule has 2 aromatic rings. The van der Waals surface area contributed by atoms with E-state index < -0.39 is 38.1 Å². The molecule has 0 bridgehead atoms. The molecule has 49 heavy (non-hydrogen) atoms. The van der Waals surface area contributed by atoms with E-state index in [4.69, 9.17) is 4.74 Å². The number of nitrogens with one attached hydrogen (secondary N) is 1. The molecule has 13 heteroatoms. The first-order chi connectivity index (χ1) is 23.4. The van der Waals surface area contributed by atoms with Crippen LogP contribution in [0.2, 0.25) is 0 Å². The van der Waals surface area contributed by atoms with Crippen molar-refractivity contribution < 1.29 is 31.5 Å². The highest BCUT2D eigenvalue weighted by molar-refractivity contribution is 7.92. The van der Waals surface area contributed by atoms with Gasteiger partial charge in [0.05, 0.1) is 36.6 Å². The average molecular weight is 696 g/mol. The third-order valence-corrected chi connectivity index (χ3v) is 13.2. The lowest BCUT2D eigenvalue weighted by Gasteiger charge is -2.50. The summed E-state index contributed by atoms with van der Waals surface area (Å²) in [6, 6.07) is 15.1. The summed E-state index contributed by atoms with van der Waals surface area (Å²) in [6.45, 7) is 5.46. The quantitative estimate of drug-likeness (QED) is 0.367. The number of rotatable bonds is 10. The lowest BCUT2D eigenvalue weighted by Crippen LogP contribution is -2.64. The lowest BCUT2D eigenvalue weighted by atomic mass is 9.59. The second-order valence-electron chi connectivity index (χ2n) is 13.9. The van der Waals surface area contributed by atoms with Crippen molar-refractivity contribution in [2.24, 2.45) is 11.8 Å². The molecule has 1 aliphatic carbocycles. The Hall–Kier alpha value is -4.02. The zero-order valence-electron chi connectivity index (χ0n) is 27.7. The van der Waals surface area contributed by atoms with Crippen LogP contribution in [0, 0.1) is 29.0 Å². The number of likely N-dealkylation sites (tertiary alicyclic amines) is 2. The summed E-state index contributed by atoms with van der Waals surface area (Å²) in [5, 5.41) is 13.1. The van der Waals surface area contributed by atoms with E-state index in [1.807, 2.05) is 4.90 Å². The minimum absolute atomic E-state index is 0.116. The van der Waals surface area contributed by atoms with Crippen molar-refractivity contribution in [1.29, 1.82) is 5.26 Å². The van der Waals surface area contributed by atoms with Crippen molar-refractivity contribution in [3.8, 4) is 6.07 Å². The molecule has 3 saturated heterocycles. The van der Waals surface area contributed by atoms with Gasteiger partial charge in [-0.15, -0.1) is 0 Å². The van der Waals surface area contributed by atoms with Crippen LogP contribution in [-0.4, -0.2) is 100 Å². The van der Waals surface area contributed by atoms with Crippen LogP contribution in [0.15, 0.2) is 66.1 Å². The molecular weight excluding hydrogens is 652 g/mol. The molecular formula is C36H43F2N5O5S. The molecule has 10 nitrogen and oxygen atoms in total. The number of amides is 2. The average Bonchev–Trinajstić information content (AvgIpc) is 3.52. The number of hydrogen-bond donors (Lipinski definition) is 1. The van der Waals surface area contributed by atoms with Crippen LogP contribution in [0.25, 0.3) is 0 Å². The lowest BCUT2D eigenvalue weighted by molar-refractivity contribution is -0.129. The fraction of sp³-hybridized carbons (Fsp3) is 0.528. The summed E-state index contributed by atoms with van der Waals surface area (Å²) in [7, 11) is -2.29. The number of nitrogens with zero attached hydrogens (tertiary/aromatic N) is 4. The molecule has 1 N–H and O–H groups in total. The molecule has 0 spiro atoms. The van der Waals surface area contributed by atoms with Gasteiger partial charge < -0.3 is 19.9 Å². The Kier molecular flexibility index (Phi) is 9.74. The Balaban J connectivity index is 1.07. The van der Waals surface area contributed by atoms with Gasteiger partial charge in [0.2, 0.25) is 5.91 Å². The van der Waals surface area contributed by atoms with E-state index >= 15 is 4.39 Å². The second kappa shape index (κ2) is 13.7. The maximum atomic E-state index is 16.0. The van der Waals surface area contributed by atoms with Crippen LogP contribution in [0.5, 0.6) is 0 Å². The molecule has 2 aromatic carbocycles. The number of halogens is 2. The van der Waals surface area contributed by atoms with Crippen LogP contribution >= 0.6 is 0 Å². The number of methoxy groups -OCH3 is 1. The summed E-state index contributed by atoms with van der Waals surface area (Å²) >= 11 is 0. The van der Waals surface area contributed by atoms with Crippen LogP contribution in [-0.2, 0) is 24.8 Å². The molecule has 6 rings (SSSR count). The number of carbonyl (C=O) groups excluding carboxylic acids is 2. The standard InChI is InChI=1S/C36H43F2N5O5S/c1-3-33(44)42-19-30(20-42)49(46,47)29-12-10-28(11-13-29)43-23-35(38,24-43)22-41-16-14-25(15-17-41)36(21-39,26-6-4-7-27(37)18-26)31-8-5-9-32(31)40-34(45)48-2/h3-4,6-7,10-13,18,25,30-32H,1,5,8-9,14-17,19-20,22-24H2,2H3,(H,40,45)/t31-,32-,36-/m0/s1. The van der Waals surface area contributed by atoms with E-state index in [2.05, 4.69) is 22.9 Å². The highest BCUT2D eigenvalue weighted by atomic mass is 32.2. The predicted octanol–water partition coefficient (Wildman–Crippen LogP) is 4.22. The van der Waals surface area contributed by atoms with E-state index in [-0.39, 0.29) is 61.4 Å². The smallest absolute Gasteiger partial charge is 0.407 e. The molecule has 4 aliphatic rings. The minimum atomic E-state index is -3.59. The number of hydrogen-bond acceptors (Lipinski definition) is 8. The van der Waals surface area contributed by atoms with E-state index in [0.717, 1.165) is 12.1 Å². The van der Waals surface area contributed by atoms with Crippen LogP contribution < -0.4 is 10.2 Å². The van der Waals surface area contributed by atoms with Crippen molar-refractivity contribution >= 4 is 27.5 Å². The third kappa shape index (κ3) is 6.65. The molecule has 3 atom stereocenters. The number of sulfone groups is 1. The molecule has 3 aliphatic heterocycles. The predicted molar refractivity (Wildman–Crippen MR) is 180 cm³/mol. The molecule has 0 aromatic heterocycles. The summed E-state index contributed by atoms with van der Waals surface area (Å²) in [6.07, 6.45) is 4.12. The first-order valence-corrected chi connectivity index (χ1v) is 18.4. The summed E-state index contributed by atoms with van der Waals surface area (Å²) in [5.74, 6) is -1.05. The van der Waals surface area contributed by atoms with Gasteiger partial charge in [0.1, 0.15) is 11.1 Å². The molecule has 2 amide bonds. The van der Waals surface area contributed by atoms with Gasteiger partial charge in [-0.05, 0) is 92.7 Å². The Labute approximate surface area is 286 Å². The van der Waals surface area contributed by atoms with Crippen molar-refractivity contribution in [2.45, 2.75) is 59.4 Å². The van der Waals surface area contributed by atoms with E-state index in [0.29, 0.717) is 44.3 Å². The van der Waals surface area contributed by atoms with Crippen LogP contribution in [0.4, 0.5) is 19.3 Å². The molecule has 3 heterocycles. The van der Waals surface area contributed by atoms with E-state index in [1.54, 1.807) is 36.4 Å². The zero-order valence-corrected chi connectivity index (χ0v) is 28.5. The monoisotopic (exact) mass is 695 g/mol. The number of alkyl carbamates (subject to hydrolysis) is 1. The maximum absolute atomic E-state index is 16.0. The van der Waals surface area contributed by atoms with Crippen molar-refractivity contribution in [3.05, 3.63) is 72.6 Å². The summed E-state index contributed by atoms with van der Waals surface area (Å²) in [4.78, 5) is 29.5.